The van der Waals surface area contributed by atoms with Gasteiger partial charge in [-0.2, -0.15) is 0 Å². The maximum absolute atomic E-state index is 2.60. The number of benzene rings is 1. The summed E-state index contributed by atoms with van der Waals surface area (Å²) in [6.07, 6.45) is 28.9. The Kier molecular flexibility index (Phi) is 14.3. The molecule has 2 rings (SSSR count). The average Bonchev–Trinajstić information content (AvgIpc) is 3.20. The van der Waals surface area contributed by atoms with Gasteiger partial charge in [-0.1, -0.05) is 122 Å². The van der Waals surface area contributed by atoms with Gasteiger partial charge in [-0.05, 0) is 31.4 Å². The van der Waals surface area contributed by atoms with Crippen molar-refractivity contribution in [2.45, 2.75) is 129 Å². The van der Waals surface area contributed by atoms with Crippen molar-refractivity contribution < 1.29 is 0 Å². The Labute approximate surface area is 194 Å². The van der Waals surface area contributed by atoms with Crippen LogP contribution in [0, 0.1) is 0 Å². The molecule has 2 heteroatoms. The molecule has 176 valence electrons. The quantitative estimate of drug-likeness (QED) is 0.203. The topological polar surface area (TPSA) is 6.48 Å². The summed E-state index contributed by atoms with van der Waals surface area (Å²) >= 11 is 0. The van der Waals surface area contributed by atoms with Gasteiger partial charge in [0, 0.05) is 24.6 Å². The van der Waals surface area contributed by atoms with Crippen LogP contribution in [0.3, 0.4) is 0 Å². The van der Waals surface area contributed by atoms with Gasteiger partial charge in [0.1, 0.15) is 6.17 Å². The molecule has 1 aromatic rings. The third-order valence-electron chi connectivity index (χ3n) is 6.76. The molecule has 0 aliphatic carbocycles. The van der Waals surface area contributed by atoms with Crippen molar-refractivity contribution in [2.75, 3.05) is 11.4 Å². The summed E-state index contributed by atoms with van der Waals surface area (Å²) in [4.78, 5) is 5.08. The van der Waals surface area contributed by atoms with E-state index in [1.807, 2.05) is 0 Å². The van der Waals surface area contributed by atoms with Gasteiger partial charge in [0.15, 0.2) is 0 Å². The summed E-state index contributed by atoms with van der Waals surface area (Å²) in [6, 6.07) is 10.9. The van der Waals surface area contributed by atoms with Gasteiger partial charge in [-0.3, -0.25) is 0 Å². The Morgan fingerprint density at radius 3 is 1.68 bits per heavy atom. The number of para-hydroxylation sites is 1. The van der Waals surface area contributed by atoms with Crippen molar-refractivity contribution >= 4 is 5.69 Å². The monoisotopic (exact) mass is 426 g/mol. The highest BCUT2D eigenvalue weighted by molar-refractivity contribution is 5.51. The SMILES string of the molecule is CCCCCCCCCCCCCCCN1C=CN(c2ccccc2)C1CCCCC. The van der Waals surface area contributed by atoms with Crippen LogP contribution >= 0.6 is 0 Å². The maximum Gasteiger partial charge on any atom is 0.105 e. The average molecular weight is 427 g/mol. The van der Waals surface area contributed by atoms with Crippen LogP contribution in [-0.4, -0.2) is 17.6 Å². The molecule has 0 fully saturated rings. The van der Waals surface area contributed by atoms with Gasteiger partial charge in [-0.25, -0.2) is 0 Å². The lowest BCUT2D eigenvalue weighted by molar-refractivity contribution is 0.273. The molecule has 2 nitrogen and oxygen atoms in total. The molecule has 0 saturated carbocycles. The van der Waals surface area contributed by atoms with E-state index >= 15 is 0 Å². The van der Waals surface area contributed by atoms with Crippen LogP contribution in [0.25, 0.3) is 0 Å². The van der Waals surface area contributed by atoms with Crippen LogP contribution in [0.4, 0.5) is 5.69 Å². The molecular formula is C29H50N2. The van der Waals surface area contributed by atoms with E-state index in [1.54, 1.807) is 0 Å². The number of rotatable bonds is 19. The summed E-state index contributed by atoms with van der Waals surface area (Å²) in [5.74, 6) is 0. The molecule has 1 aromatic carbocycles. The van der Waals surface area contributed by atoms with Crippen molar-refractivity contribution in [1.82, 2.24) is 4.90 Å². The van der Waals surface area contributed by atoms with E-state index in [-0.39, 0.29) is 0 Å². The molecule has 0 radical (unpaired) electrons. The van der Waals surface area contributed by atoms with E-state index in [2.05, 4.69) is 66.4 Å². The Bertz CT molecular complexity index is 553. The van der Waals surface area contributed by atoms with Gasteiger partial charge in [0.25, 0.3) is 0 Å². The van der Waals surface area contributed by atoms with E-state index < -0.39 is 0 Å². The van der Waals surface area contributed by atoms with Crippen LogP contribution in [-0.2, 0) is 0 Å². The highest BCUT2D eigenvalue weighted by atomic mass is 15.4. The molecule has 0 amide bonds. The summed E-state index contributed by atoms with van der Waals surface area (Å²) < 4.78 is 0. The second-order valence-electron chi connectivity index (χ2n) is 9.50. The molecule has 0 saturated heterocycles. The first-order chi connectivity index (χ1) is 15.4. The number of anilines is 1. The minimum atomic E-state index is 0.506. The van der Waals surface area contributed by atoms with Gasteiger partial charge < -0.3 is 9.80 Å². The van der Waals surface area contributed by atoms with Crippen LogP contribution < -0.4 is 4.90 Å². The number of nitrogens with zero attached hydrogens (tertiary/aromatic N) is 2. The fourth-order valence-electron chi connectivity index (χ4n) is 4.79. The predicted octanol–water partition coefficient (Wildman–Crippen LogP) is 9.28. The fourth-order valence-corrected chi connectivity index (χ4v) is 4.79. The molecule has 0 bridgehead atoms. The highest BCUT2D eigenvalue weighted by Crippen LogP contribution is 2.28. The molecule has 0 spiro atoms. The zero-order valence-electron chi connectivity index (χ0n) is 20.7. The number of hydrogen-bond acceptors (Lipinski definition) is 2. The summed E-state index contributed by atoms with van der Waals surface area (Å²) in [5.41, 5.74) is 1.33. The lowest BCUT2D eigenvalue weighted by Crippen LogP contribution is -2.39. The number of hydrogen-bond donors (Lipinski definition) is 0. The highest BCUT2D eigenvalue weighted by Gasteiger charge is 2.26. The lowest BCUT2D eigenvalue weighted by Gasteiger charge is -2.33. The van der Waals surface area contributed by atoms with Gasteiger partial charge in [0.2, 0.25) is 0 Å². The normalized spacial score (nSPS) is 15.9. The van der Waals surface area contributed by atoms with E-state index in [4.69, 9.17) is 0 Å². The molecular weight excluding hydrogens is 376 g/mol. The number of unbranched alkanes of at least 4 members (excludes halogenated alkanes) is 14. The van der Waals surface area contributed by atoms with E-state index in [0.29, 0.717) is 6.17 Å². The summed E-state index contributed by atoms with van der Waals surface area (Å²) in [7, 11) is 0. The molecule has 0 aromatic heterocycles. The van der Waals surface area contributed by atoms with Crippen molar-refractivity contribution in [3.05, 3.63) is 42.7 Å². The van der Waals surface area contributed by atoms with Crippen LogP contribution in [0.15, 0.2) is 42.7 Å². The smallest absolute Gasteiger partial charge is 0.105 e. The van der Waals surface area contributed by atoms with Crippen molar-refractivity contribution in [2.24, 2.45) is 0 Å². The molecule has 1 aliphatic rings. The van der Waals surface area contributed by atoms with E-state index in [0.717, 1.165) is 0 Å². The standard InChI is InChI=1S/C29H50N2/c1-3-5-7-8-9-10-11-12-13-14-15-16-21-25-30-26-27-31(28-22-19-17-20-23-28)29(30)24-18-6-4-2/h17,19-20,22-23,26-27,29H,3-16,18,21,24-25H2,1-2H3. The van der Waals surface area contributed by atoms with Crippen LogP contribution in [0.1, 0.15) is 123 Å². The lowest BCUT2D eigenvalue weighted by atomic mass is 10.0. The Hall–Kier alpha value is -1.44. The summed E-state index contributed by atoms with van der Waals surface area (Å²) in [6.45, 7) is 5.80. The Morgan fingerprint density at radius 2 is 1.10 bits per heavy atom. The molecule has 0 N–H and O–H groups in total. The van der Waals surface area contributed by atoms with Crippen molar-refractivity contribution in [3.8, 4) is 0 Å². The van der Waals surface area contributed by atoms with Gasteiger partial charge in [-0.15, -0.1) is 0 Å². The first kappa shape index (κ1) is 25.8. The minimum Gasteiger partial charge on any atom is -0.356 e. The van der Waals surface area contributed by atoms with Crippen LogP contribution in [0.2, 0.25) is 0 Å². The summed E-state index contributed by atoms with van der Waals surface area (Å²) in [5, 5.41) is 0. The Balaban J connectivity index is 1.56. The zero-order chi connectivity index (χ0) is 22.0. The molecule has 1 heterocycles. The molecule has 31 heavy (non-hydrogen) atoms. The molecule has 1 aliphatic heterocycles. The van der Waals surface area contributed by atoms with Gasteiger partial charge in [0.05, 0.1) is 0 Å². The van der Waals surface area contributed by atoms with Crippen molar-refractivity contribution in [3.63, 3.8) is 0 Å². The molecule has 1 unspecified atom stereocenters. The molecule has 1 atom stereocenters. The van der Waals surface area contributed by atoms with Crippen molar-refractivity contribution in [1.29, 1.82) is 0 Å². The minimum absolute atomic E-state index is 0.506. The van der Waals surface area contributed by atoms with Gasteiger partial charge >= 0.3 is 0 Å². The first-order valence-electron chi connectivity index (χ1n) is 13.6. The van der Waals surface area contributed by atoms with Crippen LogP contribution in [0.5, 0.6) is 0 Å². The second-order valence-corrected chi connectivity index (χ2v) is 9.50. The first-order valence-corrected chi connectivity index (χ1v) is 13.6. The predicted molar refractivity (Wildman–Crippen MR) is 138 cm³/mol. The largest absolute Gasteiger partial charge is 0.356 e. The fraction of sp³-hybridized carbons (Fsp3) is 0.724. The zero-order valence-corrected chi connectivity index (χ0v) is 20.7. The van der Waals surface area contributed by atoms with E-state index in [9.17, 15) is 0 Å². The third kappa shape index (κ3) is 10.6. The second kappa shape index (κ2) is 17.2. The van der Waals surface area contributed by atoms with E-state index in [1.165, 1.54) is 121 Å². The third-order valence-corrected chi connectivity index (χ3v) is 6.76. The Morgan fingerprint density at radius 1 is 0.581 bits per heavy atom. The maximum atomic E-state index is 2.60.